The number of fused-ring (bicyclic) bond motifs is 1. The van der Waals surface area contributed by atoms with Crippen LogP contribution in [-0.4, -0.2) is 24.0 Å². The fourth-order valence-corrected chi connectivity index (χ4v) is 2.50. The lowest BCUT2D eigenvalue weighted by Crippen LogP contribution is -2.45. The van der Waals surface area contributed by atoms with Crippen LogP contribution < -0.4 is 0 Å². The van der Waals surface area contributed by atoms with E-state index in [2.05, 4.69) is 11.0 Å². The molecular formula is C10H16N2. The van der Waals surface area contributed by atoms with Crippen molar-refractivity contribution in [2.75, 3.05) is 13.1 Å². The summed E-state index contributed by atoms with van der Waals surface area (Å²) in [5.74, 6) is 0.319. The largest absolute Gasteiger partial charge is 0.299 e. The van der Waals surface area contributed by atoms with Gasteiger partial charge in [0.05, 0.1) is 12.0 Å². The van der Waals surface area contributed by atoms with Crippen molar-refractivity contribution in [1.29, 1.82) is 5.26 Å². The van der Waals surface area contributed by atoms with Crippen LogP contribution in [0.4, 0.5) is 0 Å². The maximum Gasteiger partial charge on any atom is 0.0669 e. The maximum atomic E-state index is 8.80. The van der Waals surface area contributed by atoms with Gasteiger partial charge in [-0.2, -0.15) is 5.26 Å². The fourth-order valence-electron chi connectivity index (χ4n) is 2.50. The molecule has 2 atom stereocenters. The molecule has 0 N–H and O–H groups in total. The predicted molar refractivity (Wildman–Crippen MR) is 47.5 cm³/mol. The van der Waals surface area contributed by atoms with Crippen molar-refractivity contribution in [3.8, 4) is 6.07 Å². The Bertz CT molecular complexity index is 195. The molecule has 66 valence electrons. The summed E-state index contributed by atoms with van der Waals surface area (Å²) in [6, 6.07) is 3.22. The van der Waals surface area contributed by atoms with Crippen LogP contribution in [0.2, 0.25) is 0 Å². The summed E-state index contributed by atoms with van der Waals surface area (Å²) in [5, 5.41) is 8.80. The van der Waals surface area contributed by atoms with E-state index in [1.165, 1.54) is 32.2 Å². The van der Waals surface area contributed by atoms with E-state index in [4.69, 9.17) is 5.26 Å². The first-order valence-corrected chi connectivity index (χ1v) is 5.04. The monoisotopic (exact) mass is 164 g/mol. The maximum absolute atomic E-state index is 8.80. The number of hydrogen-bond donors (Lipinski definition) is 0. The van der Waals surface area contributed by atoms with Crippen LogP contribution in [0.3, 0.4) is 0 Å². The molecule has 0 saturated carbocycles. The third kappa shape index (κ3) is 1.47. The second kappa shape index (κ2) is 3.45. The molecule has 2 fully saturated rings. The molecule has 0 aromatic rings. The molecule has 2 heteroatoms. The quantitative estimate of drug-likeness (QED) is 0.545. The Morgan fingerprint density at radius 3 is 2.92 bits per heavy atom. The molecule has 12 heavy (non-hydrogen) atoms. The van der Waals surface area contributed by atoms with Crippen LogP contribution in [0.5, 0.6) is 0 Å². The van der Waals surface area contributed by atoms with Gasteiger partial charge >= 0.3 is 0 Å². The zero-order chi connectivity index (χ0) is 8.39. The molecule has 0 bridgehead atoms. The van der Waals surface area contributed by atoms with E-state index >= 15 is 0 Å². The molecule has 0 aromatic carbocycles. The zero-order valence-corrected chi connectivity index (χ0v) is 7.50. The van der Waals surface area contributed by atoms with Gasteiger partial charge in [0.1, 0.15) is 0 Å². The molecule has 0 radical (unpaired) electrons. The fraction of sp³-hybridized carbons (Fsp3) is 0.900. The molecule has 0 amide bonds. The van der Waals surface area contributed by atoms with Crippen molar-refractivity contribution in [3.63, 3.8) is 0 Å². The number of hydrogen-bond acceptors (Lipinski definition) is 2. The van der Waals surface area contributed by atoms with Gasteiger partial charge in [-0.1, -0.05) is 6.42 Å². The first-order chi connectivity index (χ1) is 5.90. The third-order valence-corrected chi connectivity index (χ3v) is 3.23. The number of rotatable bonds is 0. The Morgan fingerprint density at radius 2 is 2.08 bits per heavy atom. The second-order valence-corrected chi connectivity index (χ2v) is 4.05. The molecule has 0 spiro atoms. The topological polar surface area (TPSA) is 27.0 Å². The second-order valence-electron chi connectivity index (χ2n) is 4.05. The molecule has 2 nitrogen and oxygen atoms in total. The Morgan fingerprint density at radius 1 is 1.17 bits per heavy atom. The lowest BCUT2D eigenvalue weighted by atomic mass is 9.88. The highest BCUT2D eigenvalue weighted by molar-refractivity contribution is 4.93. The Kier molecular flexibility index (Phi) is 2.32. The van der Waals surface area contributed by atoms with Gasteiger partial charge in [-0.05, 0) is 32.2 Å². The van der Waals surface area contributed by atoms with Gasteiger partial charge in [0.15, 0.2) is 0 Å². The van der Waals surface area contributed by atoms with Crippen LogP contribution in [0.25, 0.3) is 0 Å². The predicted octanol–water partition coefficient (Wildman–Crippen LogP) is 1.77. The van der Waals surface area contributed by atoms with E-state index in [-0.39, 0.29) is 0 Å². The van der Waals surface area contributed by atoms with Crippen molar-refractivity contribution in [2.24, 2.45) is 5.92 Å². The summed E-state index contributed by atoms with van der Waals surface area (Å²) >= 11 is 0. The zero-order valence-electron chi connectivity index (χ0n) is 7.50. The standard InChI is InChI=1S/C10H16N2/c11-7-9-4-5-10-3-1-2-6-12(10)8-9/h9-10H,1-6,8H2/t9-,10+/m0/s1. The van der Waals surface area contributed by atoms with Gasteiger partial charge in [0, 0.05) is 12.6 Å². The number of nitriles is 1. The third-order valence-electron chi connectivity index (χ3n) is 3.23. The lowest BCUT2D eigenvalue weighted by molar-refractivity contribution is 0.0904. The van der Waals surface area contributed by atoms with Crippen LogP contribution >= 0.6 is 0 Å². The van der Waals surface area contributed by atoms with Crippen LogP contribution in [0.15, 0.2) is 0 Å². The molecule has 2 aliphatic heterocycles. The Labute approximate surface area is 74.2 Å². The van der Waals surface area contributed by atoms with Gasteiger partial charge in [0.2, 0.25) is 0 Å². The number of nitrogens with zero attached hydrogens (tertiary/aromatic N) is 2. The van der Waals surface area contributed by atoms with Gasteiger partial charge in [-0.25, -0.2) is 0 Å². The molecule has 0 aliphatic carbocycles. The van der Waals surface area contributed by atoms with E-state index in [0.29, 0.717) is 5.92 Å². The average Bonchev–Trinajstić information content (AvgIpc) is 2.17. The summed E-state index contributed by atoms with van der Waals surface area (Å²) in [6.45, 7) is 2.28. The minimum Gasteiger partial charge on any atom is -0.299 e. The van der Waals surface area contributed by atoms with Crippen molar-refractivity contribution >= 4 is 0 Å². The molecule has 2 heterocycles. The minimum atomic E-state index is 0.319. The van der Waals surface area contributed by atoms with Gasteiger partial charge in [0.25, 0.3) is 0 Å². The summed E-state index contributed by atoms with van der Waals surface area (Å²) in [5.41, 5.74) is 0. The molecule has 0 unspecified atom stereocenters. The van der Waals surface area contributed by atoms with Gasteiger partial charge in [-0.15, -0.1) is 0 Å². The first kappa shape index (κ1) is 8.07. The molecule has 2 saturated heterocycles. The Balaban J connectivity index is 1.95. The van der Waals surface area contributed by atoms with Gasteiger partial charge < -0.3 is 0 Å². The summed E-state index contributed by atoms with van der Waals surface area (Å²) in [7, 11) is 0. The highest BCUT2D eigenvalue weighted by atomic mass is 15.2. The molecule has 2 rings (SSSR count). The molecule has 0 aromatic heterocycles. The lowest BCUT2D eigenvalue weighted by Gasteiger charge is -2.40. The highest BCUT2D eigenvalue weighted by Crippen LogP contribution is 2.28. The smallest absolute Gasteiger partial charge is 0.0669 e. The summed E-state index contributed by atoms with van der Waals surface area (Å²) in [4.78, 5) is 2.53. The highest BCUT2D eigenvalue weighted by Gasteiger charge is 2.29. The van der Waals surface area contributed by atoms with Crippen LogP contribution in [0, 0.1) is 17.2 Å². The van der Waals surface area contributed by atoms with Crippen LogP contribution in [-0.2, 0) is 0 Å². The summed E-state index contributed by atoms with van der Waals surface area (Å²) in [6.07, 6.45) is 6.51. The van der Waals surface area contributed by atoms with E-state index < -0.39 is 0 Å². The molecule has 2 aliphatic rings. The van der Waals surface area contributed by atoms with E-state index in [9.17, 15) is 0 Å². The van der Waals surface area contributed by atoms with E-state index in [0.717, 1.165) is 19.0 Å². The van der Waals surface area contributed by atoms with Crippen molar-refractivity contribution < 1.29 is 0 Å². The Hall–Kier alpha value is -0.550. The number of piperidine rings is 2. The SMILES string of the molecule is N#C[C@@H]1CC[C@H]2CCCCN2C1. The summed E-state index contributed by atoms with van der Waals surface area (Å²) < 4.78 is 0. The van der Waals surface area contributed by atoms with E-state index in [1.807, 2.05) is 0 Å². The van der Waals surface area contributed by atoms with Crippen LogP contribution in [0.1, 0.15) is 32.1 Å². The average molecular weight is 164 g/mol. The van der Waals surface area contributed by atoms with Crippen molar-refractivity contribution in [1.82, 2.24) is 4.90 Å². The normalized spacial score (nSPS) is 36.9. The first-order valence-electron chi connectivity index (χ1n) is 5.04. The minimum absolute atomic E-state index is 0.319. The van der Waals surface area contributed by atoms with Crippen molar-refractivity contribution in [2.45, 2.75) is 38.1 Å². The van der Waals surface area contributed by atoms with Crippen molar-refractivity contribution in [3.05, 3.63) is 0 Å². The van der Waals surface area contributed by atoms with E-state index in [1.54, 1.807) is 0 Å². The molecular weight excluding hydrogens is 148 g/mol. The van der Waals surface area contributed by atoms with Gasteiger partial charge in [-0.3, -0.25) is 4.90 Å².